The Hall–Kier alpha value is -3.43. The fourth-order valence-corrected chi connectivity index (χ4v) is 4.37. The molecule has 3 aromatic carbocycles. The molecule has 0 aromatic heterocycles. The summed E-state index contributed by atoms with van der Waals surface area (Å²) in [6.45, 7) is 0.304. The smallest absolute Gasteiger partial charge is 0.303 e. The third kappa shape index (κ3) is 5.92. The minimum atomic E-state index is -3.94. The molecule has 0 atom stereocenters. The molecule has 1 N–H and O–H groups in total. The number of nitrogens with one attached hydrogen (secondary N) is 1. The summed E-state index contributed by atoms with van der Waals surface area (Å²) in [5.41, 5.74) is 3.07. The molecule has 3 rings (SSSR count). The van der Waals surface area contributed by atoms with E-state index in [1.165, 1.54) is 32.3 Å². The molecule has 180 valence electrons. The van der Waals surface area contributed by atoms with E-state index in [1.54, 1.807) is 30.3 Å². The third-order valence-corrected chi connectivity index (χ3v) is 7.11. The molecule has 0 aliphatic carbocycles. The molecule has 0 heterocycles. The molecule has 1 amide bonds. The Kier molecular flexibility index (Phi) is 7.90. The molecule has 7 nitrogen and oxygen atoms in total. The molecule has 0 saturated carbocycles. The van der Waals surface area contributed by atoms with Gasteiger partial charge in [-0.15, -0.1) is 0 Å². The highest BCUT2D eigenvalue weighted by atomic mass is 32.2. The Balaban J connectivity index is 1.71. The summed E-state index contributed by atoms with van der Waals surface area (Å²) in [4.78, 5) is 14.6. The number of nitrogens with zero attached hydrogens (tertiary/aromatic N) is 3. The van der Waals surface area contributed by atoms with Crippen LogP contribution in [0.25, 0.3) is 0 Å². The van der Waals surface area contributed by atoms with Gasteiger partial charge in [-0.1, -0.05) is 36.4 Å². The van der Waals surface area contributed by atoms with E-state index in [1.807, 2.05) is 43.3 Å². The molecule has 0 radical (unpaired) electrons. The Bertz CT molecular complexity index is 1230. The van der Waals surface area contributed by atoms with Crippen LogP contribution in [0.15, 0.2) is 72.8 Å². The van der Waals surface area contributed by atoms with Crippen molar-refractivity contribution in [2.45, 2.75) is 13.1 Å². The first-order valence-corrected chi connectivity index (χ1v) is 12.1. The lowest BCUT2D eigenvalue weighted by molar-refractivity contribution is 0.0951. The summed E-state index contributed by atoms with van der Waals surface area (Å²) in [6, 6.07) is 20.2. The second kappa shape index (κ2) is 10.7. The van der Waals surface area contributed by atoms with Gasteiger partial charge in [-0.25, -0.2) is 4.39 Å². The number of para-hydroxylation sites is 1. The Labute approximate surface area is 200 Å². The fourth-order valence-electron chi connectivity index (χ4n) is 3.27. The number of carbonyl (C=O) groups is 1. The van der Waals surface area contributed by atoms with Crippen LogP contribution in [0.3, 0.4) is 0 Å². The van der Waals surface area contributed by atoms with Gasteiger partial charge in [0.05, 0.1) is 12.2 Å². The van der Waals surface area contributed by atoms with Gasteiger partial charge >= 0.3 is 10.2 Å². The lowest BCUT2D eigenvalue weighted by atomic mass is 10.1. The molecule has 0 bridgehead atoms. The number of hydrogen-bond donors (Lipinski definition) is 1. The van der Waals surface area contributed by atoms with Crippen LogP contribution in [0.5, 0.6) is 0 Å². The van der Waals surface area contributed by atoms with Crippen LogP contribution in [0.2, 0.25) is 0 Å². The summed E-state index contributed by atoms with van der Waals surface area (Å²) in [7, 11) is 2.77. The van der Waals surface area contributed by atoms with E-state index in [4.69, 9.17) is 0 Å². The lowest BCUT2D eigenvalue weighted by Crippen LogP contribution is -2.40. The maximum Gasteiger partial charge on any atom is 0.303 e. The van der Waals surface area contributed by atoms with E-state index in [-0.39, 0.29) is 18.1 Å². The number of hydrogen-bond acceptors (Lipinski definition) is 4. The highest BCUT2D eigenvalue weighted by molar-refractivity contribution is 7.90. The summed E-state index contributed by atoms with van der Waals surface area (Å²) in [5.74, 6) is -0.877. The Morgan fingerprint density at radius 3 is 2.00 bits per heavy atom. The van der Waals surface area contributed by atoms with Crippen molar-refractivity contribution in [3.63, 3.8) is 0 Å². The minimum absolute atomic E-state index is 0.0432. The maximum atomic E-state index is 14.4. The molecular formula is C25H29FN4O3S. The number of amides is 1. The van der Waals surface area contributed by atoms with Crippen molar-refractivity contribution in [3.8, 4) is 0 Å². The minimum Gasteiger partial charge on any atom is -0.378 e. The molecule has 34 heavy (non-hydrogen) atoms. The van der Waals surface area contributed by atoms with Crippen LogP contribution in [0.1, 0.15) is 21.5 Å². The van der Waals surface area contributed by atoms with Crippen LogP contribution >= 0.6 is 0 Å². The molecule has 9 heteroatoms. The first kappa shape index (κ1) is 25.2. The monoisotopic (exact) mass is 484 g/mol. The Morgan fingerprint density at radius 1 is 0.853 bits per heavy atom. The van der Waals surface area contributed by atoms with Crippen molar-refractivity contribution in [1.29, 1.82) is 0 Å². The quantitative estimate of drug-likeness (QED) is 0.503. The van der Waals surface area contributed by atoms with Crippen LogP contribution in [0.4, 0.5) is 15.8 Å². The van der Waals surface area contributed by atoms with Gasteiger partial charge in [-0.2, -0.15) is 12.7 Å². The summed E-state index contributed by atoms with van der Waals surface area (Å²) in [5, 5.41) is 2.88. The van der Waals surface area contributed by atoms with Crippen LogP contribution < -0.4 is 14.5 Å². The Morgan fingerprint density at radius 2 is 1.44 bits per heavy atom. The standard InChI is InChI=1S/C25H29FN4O3S/c1-28(2)22-15-11-19(12-16-22)17-27-25(31)21-13-9-20(10-14-21)18-30(34(32,33)29(3)4)24-8-6-5-7-23(24)26/h5-16H,17-18H2,1-4H3,(H,27,31). The van der Waals surface area contributed by atoms with Gasteiger partial charge in [0.25, 0.3) is 5.91 Å². The first-order chi connectivity index (χ1) is 16.1. The van der Waals surface area contributed by atoms with Gasteiger partial charge in [0, 0.05) is 46.0 Å². The van der Waals surface area contributed by atoms with Crippen molar-refractivity contribution >= 4 is 27.5 Å². The predicted octanol–water partition coefficient (Wildman–Crippen LogP) is 3.63. The molecule has 0 aliphatic rings. The highest BCUT2D eigenvalue weighted by Gasteiger charge is 2.27. The second-order valence-corrected chi connectivity index (χ2v) is 10.3. The van der Waals surface area contributed by atoms with Crippen molar-refractivity contribution in [2.24, 2.45) is 0 Å². The van der Waals surface area contributed by atoms with Gasteiger partial charge in [-0.05, 0) is 47.5 Å². The zero-order valence-electron chi connectivity index (χ0n) is 19.7. The fraction of sp³-hybridized carbons (Fsp3) is 0.240. The summed E-state index contributed by atoms with van der Waals surface area (Å²) in [6.07, 6.45) is 0. The molecule has 0 aliphatic heterocycles. The average molecular weight is 485 g/mol. The number of carbonyl (C=O) groups excluding carboxylic acids is 1. The molecule has 0 unspecified atom stereocenters. The van der Waals surface area contributed by atoms with E-state index < -0.39 is 16.0 Å². The molecule has 0 fully saturated rings. The van der Waals surface area contributed by atoms with Crippen molar-refractivity contribution in [3.05, 3.63) is 95.3 Å². The van der Waals surface area contributed by atoms with Gasteiger partial charge in [0.15, 0.2) is 0 Å². The molecule has 0 saturated heterocycles. The zero-order valence-corrected chi connectivity index (χ0v) is 20.5. The topological polar surface area (TPSA) is 73.0 Å². The van der Waals surface area contributed by atoms with E-state index in [0.29, 0.717) is 17.7 Å². The number of benzene rings is 3. The maximum absolute atomic E-state index is 14.4. The van der Waals surface area contributed by atoms with E-state index >= 15 is 0 Å². The van der Waals surface area contributed by atoms with E-state index in [2.05, 4.69) is 5.32 Å². The first-order valence-electron chi connectivity index (χ1n) is 10.7. The highest BCUT2D eigenvalue weighted by Crippen LogP contribution is 2.25. The third-order valence-electron chi connectivity index (χ3n) is 5.31. The SMILES string of the molecule is CN(C)c1ccc(CNC(=O)c2ccc(CN(c3ccccc3F)S(=O)(=O)N(C)C)cc2)cc1. The zero-order chi connectivity index (χ0) is 24.9. The van der Waals surface area contributed by atoms with Gasteiger partial charge in [0.1, 0.15) is 5.82 Å². The average Bonchev–Trinajstić information content (AvgIpc) is 2.82. The predicted molar refractivity (Wildman–Crippen MR) is 134 cm³/mol. The number of rotatable bonds is 9. The van der Waals surface area contributed by atoms with Crippen molar-refractivity contribution < 1.29 is 17.6 Å². The van der Waals surface area contributed by atoms with E-state index in [0.717, 1.165) is 19.9 Å². The molecular weight excluding hydrogens is 455 g/mol. The molecule has 0 spiro atoms. The number of anilines is 2. The van der Waals surface area contributed by atoms with Gasteiger partial charge < -0.3 is 10.2 Å². The van der Waals surface area contributed by atoms with Crippen molar-refractivity contribution in [1.82, 2.24) is 9.62 Å². The molecule has 3 aromatic rings. The largest absolute Gasteiger partial charge is 0.378 e. The summed E-state index contributed by atoms with van der Waals surface area (Å²) >= 11 is 0. The second-order valence-electron chi connectivity index (χ2n) is 8.19. The van der Waals surface area contributed by atoms with Crippen LogP contribution in [-0.2, 0) is 23.3 Å². The van der Waals surface area contributed by atoms with Gasteiger partial charge in [0.2, 0.25) is 0 Å². The van der Waals surface area contributed by atoms with Crippen LogP contribution in [0, 0.1) is 5.82 Å². The van der Waals surface area contributed by atoms with Crippen molar-refractivity contribution in [2.75, 3.05) is 37.4 Å². The van der Waals surface area contributed by atoms with Gasteiger partial charge in [-0.3, -0.25) is 9.10 Å². The normalized spacial score (nSPS) is 11.4. The van der Waals surface area contributed by atoms with E-state index in [9.17, 15) is 17.6 Å². The summed E-state index contributed by atoms with van der Waals surface area (Å²) < 4.78 is 42.2. The lowest BCUT2D eigenvalue weighted by Gasteiger charge is -2.27. The number of halogens is 1. The van der Waals surface area contributed by atoms with Crippen LogP contribution in [-0.4, -0.2) is 46.8 Å².